The molecule has 2 atom stereocenters. The molecule has 0 bridgehead atoms. The van der Waals surface area contributed by atoms with Gasteiger partial charge in [0.25, 0.3) is 0 Å². The zero-order valence-electron chi connectivity index (χ0n) is 12.8. The molecule has 2 aromatic carbocycles. The summed E-state index contributed by atoms with van der Waals surface area (Å²) in [5.74, 6) is 1.20. The van der Waals surface area contributed by atoms with Crippen LogP contribution in [0.3, 0.4) is 0 Å². The Morgan fingerprint density at radius 3 is 2.38 bits per heavy atom. The van der Waals surface area contributed by atoms with Crippen molar-refractivity contribution in [2.24, 2.45) is 0 Å². The monoisotopic (exact) mass is 300 g/mol. The van der Waals surface area contributed by atoms with Crippen molar-refractivity contribution in [1.29, 1.82) is 0 Å². The Kier molecular flexibility index (Phi) is 3.71. The van der Waals surface area contributed by atoms with Gasteiger partial charge in [0.1, 0.15) is 5.75 Å². The van der Waals surface area contributed by atoms with Crippen molar-refractivity contribution < 1.29 is 4.74 Å². The fourth-order valence-electron chi connectivity index (χ4n) is 2.83. The maximum atomic E-state index is 6.73. The molecule has 2 unspecified atom stereocenters. The number of rotatable bonds is 2. The third kappa shape index (κ3) is 2.80. The van der Waals surface area contributed by atoms with Crippen molar-refractivity contribution in [2.75, 3.05) is 6.61 Å². The van der Waals surface area contributed by atoms with Gasteiger partial charge in [0.05, 0.1) is 12.0 Å². The minimum absolute atomic E-state index is 0.0531. The number of halogens is 1. The second-order valence-electron chi connectivity index (χ2n) is 6.73. The number of hydrogen-bond acceptors (Lipinski definition) is 1. The molecule has 21 heavy (non-hydrogen) atoms. The quantitative estimate of drug-likeness (QED) is 0.671. The summed E-state index contributed by atoms with van der Waals surface area (Å²) in [7, 11) is 0. The van der Waals surface area contributed by atoms with Gasteiger partial charge >= 0.3 is 0 Å². The molecule has 1 nitrogen and oxygen atoms in total. The Balaban J connectivity index is 1.85. The largest absolute Gasteiger partial charge is 0.493 e. The van der Waals surface area contributed by atoms with Gasteiger partial charge in [-0.1, -0.05) is 63.2 Å². The lowest BCUT2D eigenvalue weighted by atomic mass is 9.85. The van der Waals surface area contributed by atoms with E-state index in [4.69, 9.17) is 16.3 Å². The van der Waals surface area contributed by atoms with Crippen LogP contribution in [0.1, 0.15) is 48.8 Å². The molecule has 0 amide bonds. The number of ether oxygens (including phenoxy) is 1. The maximum absolute atomic E-state index is 6.73. The minimum Gasteiger partial charge on any atom is -0.493 e. The molecule has 2 aromatic rings. The first-order valence-corrected chi connectivity index (χ1v) is 7.87. The summed E-state index contributed by atoms with van der Waals surface area (Å²) in [5, 5.41) is -0.0531. The molecule has 3 rings (SSSR count). The van der Waals surface area contributed by atoms with Gasteiger partial charge in [0.15, 0.2) is 0 Å². The van der Waals surface area contributed by atoms with Gasteiger partial charge in [-0.25, -0.2) is 0 Å². The maximum Gasteiger partial charge on any atom is 0.122 e. The topological polar surface area (TPSA) is 9.23 Å². The average molecular weight is 301 g/mol. The molecule has 0 spiro atoms. The molecule has 0 saturated heterocycles. The van der Waals surface area contributed by atoms with E-state index in [-0.39, 0.29) is 16.7 Å². The van der Waals surface area contributed by atoms with Gasteiger partial charge in [0.2, 0.25) is 0 Å². The van der Waals surface area contributed by atoms with E-state index in [1.165, 1.54) is 11.1 Å². The highest BCUT2D eigenvalue weighted by molar-refractivity contribution is 6.21. The number of hydrogen-bond donors (Lipinski definition) is 0. The Morgan fingerprint density at radius 1 is 1.05 bits per heavy atom. The second-order valence-corrected chi connectivity index (χ2v) is 7.20. The zero-order valence-corrected chi connectivity index (χ0v) is 13.5. The van der Waals surface area contributed by atoms with Crippen molar-refractivity contribution in [3.63, 3.8) is 0 Å². The first kappa shape index (κ1) is 14.5. The van der Waals surface area contributed by atoms with Crippen LogP contribution in [0.25, 0.3) is 0 Å². The first-order chi connectivity index (χ1) is 9.97. The Hall–Kier alpha value is -1.47. The lowest BCUT2D eigenvalue weighted by Gasteiger charge is -2.21. The van der Waals surface area contributed by atoms with E-state index in [9.17, 15) is 0 Å². The summed E-state index contributed by atoms with van der Waals surface area (Å²) < 4.78 is 5.75. The van der Waals surface area contributed by atoms with Crippen LogP contribution in [0.2, 0.25) is 0 Å². The van der Waals surface area contributed by atoms with Gasteiger partial charge in [0, 0.05) is 11.5 Å². The summed E-state index contributed by atoms with van der Waals surface area (Å²) in [6.07, 6.45) is 0. The molecular weight excluding hydrogens is 280 g/mol. The molecule has 0 aromatic heterocycles. The molecule has 1 aliphatic rings. The lowest BCUT2D eigenvalue weighted by Crippen LogP contribution is -2.12. The third-order valence-electron chi connectivity index (χ3n) is 4.19. The van der Waals surface area contributed by atoms with Crippen LogP contribution < -0.4 is 4.74 Å². The summed E-state index contributed by atoms with van der Waals surface area (Å²) >= 11 is 6.73. The van der Waals surface area contributed by atoms with Gasteiger partial charge in [-0.2, -0.15) is 0 Å². The number of para-hydroxylation sites is 1. The minimum atomic E-state index is -0.0531. The van der Waals surface area contributed by atoms with Gasteiger partial charge < -0.3 is 4.74 Å². The number of fused-ring (bicyclic) bond motifs is 1. The summed E-state index contributed by atoms with van der Waals surface area (Å²) in [5.41, 5.74) is 3.88. The average Bonchev–Trinajstić information content (AvgIpc) is 2.90. The van der Waals surface area contributed by atoms with Crippen molar-refractivity contribution >= 4 is 11.6 Å². The van der Waals surface area contributed by atoms with E-state index >= 15 is 0 Å². The second kappa shape index (κ2) is 5.38. The van der Waals surface area contributed by atoms with Gasteiger partial charge in [-0.15, -0.1) is 11.6 Å². The molecular formula is C19H21ClO. The standard InChI is InChI=1S/C19H21ClO/c1-19(2,3)14-10-8-13(9-11-14)18(20)16-12-21-17-7-5-4-6-15(16)17/h4-11,16,18H,12H2,1-3H3. The van der Waals surface area contributed by atoms with Crippen LogP contribution in [-0.2, 0) is 5.41 Å². The summed E-state index contributed by atoms with van der Waals surface area (Å²) in [6, 6.07) is 16.9. The van der Waals surface area contributed by atoms with Crippen LogP contribution in [-0.4, -0.2) is 6.61 Å². The highest BCUT2D eigenvalue weighted by Crippen LogP contribution is 2.44. The van der Waals surface area contributed by atoms with E-state index in [2.05, 4.69) is 51.1 Å². The van der Waals surface area contributed by atoms with Crippen LogP contribution >= 0.6 is 11.6 Å². The first-order valence-electron chi connectivity index (χ1n) is 7.43. The Morgan fingerprint density at radius 2 is 1.71 bits per heavy atom. The molecule has 110 valence electrons. The summed E-state index contributed by atoms with van der Waals surface area (Å²) in [6.45, 7) is 7.33. The van der Waals surface area contributed by atoms with E-state index in [0.29, 0.717) is 6.61 Å². The number of benzene rings is 2. The molecule has 2 heteroatoms. The number of alkyl halides is 1. The molecule has 0 radical (unpaired) electrons. The molecule has 0 aliphatic carbocycles. The Labute approximate surface area is 131 Å². The smallest absolute Gasteiger partial charge is 0.122 e. The van der Waals surface area contributed by atoms with Crippen LogP contribution in [0.4, 0.5) is 0 Å². The van der Waals surface area contributed by atoms with Crippen molar-refractivity contribution in [1.82, 2.24) is 0 Å². The fourth-order valence-corrected chi connectivity index (χ4v) is 3.18. The normalized spacial score (nSPS) is 19.0. The predicted octanol–water partition coefficient (Wildman–Crippen LogP) is 5.44. The molecule has 1 aliphatic heterocycles. The summed E-state index contributed by atoms with van der Waals surface area (Å²) in [4.78, 5) is 0. The third-order valence-corrected chi connectivity index (χ3v) is 4.74. The predicted molar refractivity (Wildman–Crippen MR) is 88.4 cm³/mol. The molecule has 1 heterocycles. The lowest BCUT2D eigenvalue weighted by molar-refractivity contribution is 0.328. The zero-order chi connectivity index (χ0) is 15.0. The van der Waals surface area contributed by atoms with Crippen LogP contribution in [0.5, 0.6) is 5.75 Å². The van der Waals surface area contributed by atoms with Crippen LogP contribution in [0.15, 0.2) is 48.5 Å². The molecule has 0 fully saturated rings. The van der Waals surface area contributed by atoms with Gasteiger partial charge in [-0.3, -0.25) is 0 Å². The van der Waals surface area contributed by atoms with E-state index in [1.54, 1.807) is 0 Å². The highest BCUT2D eigenvalue weighted by atomic mass is 35.5. The SMILES string of the molecule is CC(C)(C)c1ccc(C(Cl)C2COc3ccccc32)cc1. The highest BCUT2D eigenvalue weighted by Gasteiger charge is 2.31. The Bertz CT molecular complexity index is 625. The fraction of sp³-hybridized carbons (Fsp3) is 0.368. The van der Waals surface area contributed by atoms with E-state index < -0.39 is 0 Å². The van der Waals surface area contributed by atoms with Crippen molar-refractivity contribution in [3.8, 4) is 5.75 Å². The van der Waals surface area contributed by atoms with Crippen LogP contribution in [0, 0.1) is 0 Å². The van der Waals surface area contributed by atoms with Crippen molar-refractivity contribution in [2.45, 2.75) is 37.5 Å². The molecule has 0 saturated carbocycles. The molecule has 0 N–H and O–H groups in total. The van der Waals surface area contributed by atoms with E-state index in [1.807, 2.05) is 18.2 Å². The van der Waals surface area contributed by atoms with E-state index in [0.717, 1.165) is 11.3 Å². The van der Waals surface area contributed by atoms with Gasteiger partial charge in [-0.05, 0) is 22.6 Å². The van der Waals surface area contributed by atoms with Crippen molar-refractivity contribution in [3.05, 3.63) is 65.2 Å².